The van der Waals surface area contributed by atoms with Gasteiger partial charge in [0.15, 0.2) is 21.5 Å². The third-order valence-electron chi connectivity index (χ3n) is 4.32. The second kappa shape index (κ2) is 5.61. The number of benzene rings is 1. The Morgan fingerprint density at radius 1 is 1.27 bits per heavy atom. The van der Waals surface area contributed by atoms with E-state index in [0.717, 1.165) is 6.07 Å². The Morgan fingerprint density at radius 2 is 2.05 bits per heavy atom. The van der Waals surface area contributed by atoms with Crippen LogP contribution in [0.2, 0.25) is 0 Å². The Labute approximate surface area is 127 Å². The monoisotopic (exact) mass is 329 g/mol. The highest BCUT2D eigenvalue weighted by Gasteiger charge is 2.46. The second-order valence-corrected chi connectivity index (χ2v) is 8.28. The zero-order chi connectivity index (χ0) is 15.9. The number of nitrogens with one attached hydrogen (secondary N) is 1. The summed E-state index contributed by atoms with van der Waals surface area (Å²) in [5, 5.41) is 2.74. The minimum absolute atomic E-state index is 0.0372. The number of amides is 1. The Hall–Kier alpha value is -1.50. The van der Waals surface area contributed by atoms with E-state index in [1.54, 1.807) is 0 Å². The summed E-state index contributed by atoms with van der Waals surface area (Å²) in [7, 11) is -3.09. The van der Waals surface area contributed by atoms with Gasteiger partial charge in [-0.1, -0.05) is 12.1 Å². The van der Waals surface area contributed by atoms with E-state index < -0.39 is 27.4 Å². The number of carbonyl (C=O) groups is 1. The van der Waals surface area contributed by atoms with Crippen molar-refractivity contribution < 1.29 is 22.0 Å². The molecular weight excluding hydrogens is 312 g/mol. The predicted molar refractivity (Wildman–Crippen MR) is 77.0 cm³/mol. The molecule has 2 fully saturated rings. The van der Waals surface area contributed by atoms with E-state index in [2.05, 4.69) is 5.32 Å². The van der Waals surface area contributed by atoms with Gasteiger partial charge >= 0.3 is 0 Å². The molecule has 1 aliphatic heterocycles. The smallest absolute Gasteiger partial charge is 0.223 e. The molecule has 0 radical (unpaired) electrons. The first-order valence-electron chi connectivity index (χ1n) is 7.32. The van der Waals surface area contributed by atoms with Gasteiger partial charge < -0.3 is 5.32 Å². The fraction of sp³-hybridized carbons (Fsp3) is 0.533. The molecule has 1 heterocycles. The Kier molecular flexibility index (Phi) is 3.92. The van der Waals surface area contributed by atoms with E-state index in [9.17, 15) is 22.0 Å². The maximum absolute atomic E-state index is 13.7. The Morgan fingerprint density at radius 3 is 2.77 bits per heavy atom. The summed E-state index contributed by atoms with van der Waals surface area (Å²) in [5.41, 5.74) is 0.219. The molecule has 1 amide bonds. The van der Waals surface area contributed by atoms with Gasteiger partial charge in [0.2, 0.25) is 5.91 Å². The van der Waals surface area contributed by atoms with Crippen molar-refractivity contribution in [3.63, 3.8) is 0 Å². The van der Waals surface area contributed by atoms with Gasteiger partial charge in [0.1, 0.15) is 0 Å². The average molecular weight is 329 g/mol. The molecule has 4 nitrogen and oxygen atoms in total. The van der Waals surface area contributed by atoms with Crippen molar-refractivity contribution in [2.75, 3.05) is 11.5 Å². The van der Waals surface area contributed by atoms with Crippen LogP contribution < -0.4 is 5.32 Å². The number of carbonyl (C=O) groups excluding carboxylic acids is 1. The van der Waals surface area contributed by atoms with Gasteiger partial charge in [-0.15, -0.1) is 0 Å². The molecule has 1 saturated carbocycles. The number of hydrogen-bond donors (Lipinski definition) is 1. The largest absolute Gasteiger partial charge is 0.352 e. The molecule has 120 valence electrons. The molecule has 1 aliphatic carbocycles. The van der Waals surface area contributed by atoms with Crippen LogP contribution in [0.1, 0.15) is 30.7 Å². The standard InChI is InChI=1S/C15H17F2NO3S/c16-13-5-1-4-10(14(13)17)11-7-12(11)15(19)18-9-3-2-6-22(20,21)8-9/h1,4-5,9,11-12H,2-3,6-8H2,(H,18,19). The third-order valence-corrected chi connectivity index (χ3v) is 6.14. The van der Waals surface area contributed by atoms with Crippen molar-refractivity contribution in [1.29, 1.82) is 0 Å². The van der Waals surface area contributed by atoms with Crippen molar-refractivity contribution in [1.82, 2.24) is 5.32 Å². The van der Waals surface area contributed by atoms with Gasteiger partial charge in [-0.25, -0.2) is 17.2 Å². The summed E-state index contributed by atoms with van der Waals surface area (Å²) < 4.78 is 50.0. The van der Waals surface area contributed by atoms with Crippen molar-refractivity contribution in [3.05, 3.63) is 35.4 Å². The molecular formula is C15H17F2NO3S. The lowest BCUT2D eigenvalue weighted by atomic mass is 10.1. The molecule has 1 saturated heterocycles. The van der Waals surface area contributed by atoms with Gasteiger partial charge in [0, 0.05) is 12.0 Å². The van der Waals surface area contributed by atoms with Crippen molar-refractivity contribution in [2.45, 2.75) is 31.2 Å². The van der Waals surface area contributed by atoms with Gasteiger partial charge in [-0.2, -0.15) is 0 Å². The van der Waals surface area contributed by atoms with E-state index >= 15 is 0 Å². The molecule has 0 aromatic heterocycles. The van der Waals surface area contributed by atoms with Crippen LogP contribution in [0.5, 0.6) is 0 Å². The molecule has 0 bridgehead atoms. The molecule has 1 aromatic rings. The first-order valence-corrected chi connectivity index (χ1v) is 9.14. The summed E-state index contributed by atoms with van der Waals surface area (Å²) in [5.74, 6) is -2.68. The lowest BCUT2D eigenvalue weighted by Gasteiger charge is -2.23. The highest BCUT2D eigenvalue weighted by molar-refractivity contribution is 7.91. The Balaban J connectivity index is 1.62. The minimum atomic E-state index is -3.09. The molecule has 1 aromatic carbocycles. The second-order valence-electron chi connectivity index (χ2n) is 6.05. The van der Waals surface area contributed by atoms with Gasteiger partial charge in [0.25, 0.3) is 0 Å². The van der Waals surface area contributed by atoms with Crippen LogP contribution in [0.15, 0.2) is 18.2 Å². The highest BCUT2D eigenvalue weighted by atomic mass is 32.2. The van der Waals surface area contributed by atoms with Crippen LogP contribution in [0, 0.1) is 17.6 Å². The van der Waals surface area contributed by atoms with Gasteiger partial charge in [-0.3, -0.25) is 4.79 Å². The summed E-state index contributed by atoms with van der Waals surface area (Å²) >= 11 is 0. The average Bonchev–Trinajstić information content (AvgIpc) is 3.21. The maximum Gasteiger partial charge on any atom is 0.223 e. The predicted octanol–water partition coefficient (Wildman–Crippen LogP) is 1.76. The van der Waals surface area contributed by atoms with Crippen LogP contribution in [0.4, 0.5) is 8.78 Å². The van der Waals surface area contributed by atoms with Crippen LogP contribution in [0.25, 0.3) is 0 Å². The van der Waals surface area contributed by atoms with E-state index in [-0.39, 0.29) is 34.9 Å². The summed E-state index contributed by atoms with van der Waals surface area (Å²) in [4.78, 5) is 12.1. The van der Waals surface area contributed by atoms with E-state index in [1.807, 2.05) is 0 Å². The fourth-order valence-corrected chi connectivity index (χ4v) is 4.72. The number of halogens is 2. The molecule has 3 atom stereocenters. The fourth-order valence-electron chi connectivity index (χ4n) is 3.08. The SMILES string of the molecule is O=C(NC1CCCS(=O)(=O)C1)C1CC1c1cccc(F)c1F. The first-order chi connectivity index (χ1) is 10.4. The Bertz CT molecular complexity index is 705. The van der Waals surface area contributed by atoms with E-state index in [0.29, 0.717) is 19.3 Å². The zero-order valence-corrected chi connectivity index (χ0v) is 12.7. The maximum atomic E-state index is 13.7. The number of rotatable bonds is 3. The highest BCUT2D eigenvalue weighted by Crippen LogP contribution is 2.48. The molecule has 2 aliphatic rings. The number of hydrogen-bond acceptors (Lipinski definition) is 3. The first kappa shape index (κ1) is 15.4. The lowest BCUT2D eigenvalue weighted by Crippen LogP contribution is -2.43. The van der Waals surface area contributed by atoms with Crippen LogP contribution in [0.3, 0.4) is 0 Å². The van der Waals surface area contributed by atoms with Gasteiger partial charge in [0.05, 0.1) is 11.5 Å². The molecule has 0 spiro atoms. The summed E-state index contributed by atoms with van der Waals surface area (Å²) in [6.45, 7) is 0. The minimum Gasteiger partial charge on any atom is -0.352 e. The van der Waals surface area contributed by atoms with Crippen LogP contribution >= 0.6 is 0 Å². The molecule has 22 heavy (non-hydrogen) atoms. The summed E-state index contributed by atoms with van der Waals surface area (Å²) in [6, 6.07) is 3.59. The topological polar surface area (TPSA) is 63.2 Å². The molecule has 7 heteroatoms. The van der Waals surface area contributed by atoms with Crippen LogP contribution in [-0.4, -0.2) is 31.9 Å². The van der Waals surface area contributed by atoms with E-state index in [1.165, 1.54) is 12.1 Å². The summed E-state index contributed by atoms with van der Waals surface area (Å²) in [6.07, 6.45) is 1.64. The normalized spacial score (nSPS) is 29.8. The molecule has 3 unspecified atom stereocenters. The third kappa shape index (κ3) is 3.14. The molecule has 1 N–H and O–H groups in total. The van der Waals surface area contributed by atoms with Gasteiger partial charge in [-0.05, 0) is 36.8 Å². The van der Waals surface area contributed by atoms with E-state index in [4.69, 9.17) is 0 Å². The quantitative estimate of drug-likeness (QED) is 0.919. The molecule has 3 rings (SSSR count). The van der Waals surface area contributed by atoms with Crippen LogP contribution in [-0.2, 0) is 14.6 Å². The zero-order valence-electron chi connectivity index (χ0n) is 11.9. The van der Waals surface area contributed by atoms with Crippen molar-refractivity contribution >= 4 is 15.7 Å². The van der Waals surface area contributed by atoms with Crippen molar-refractivity contribution in [3.8, 4) is 0 Å². The lowest BCUT2D eigenvalue weighted by molar-refractivity contribution is -0.123. The number of sulfone groups is 1. The van der Waals surface area contributed by atoms with Crippen molar-refractivity contribution in [2.24, 2.45) is 5.92 Å².